The molecule has 2 heterocycles. The minimum Gasteiger partial charge on any atom is -0.508 e. The van der Waals surface area contributed by atoms with E-state index in [4.69, 9.17) is 13.6 Å². The molecule has 0 unspecified atom stereocenters. The Morgan fingerprint density at radius 1 is 1.07 bits per heavy atom. The summed E-state index contributed by atoms with van der Waals surface area (Å²) in [5.41, 5.74) is 1.10. The Kier molecular flexibility index (Phi) is 5.03. The summed E-state index contributed by atoms with van der Waals surface area (Å²) in [6.45, 7) is 0.309. The molecule has 2 N–H and O–H groups in total. The number of phenols is 1. The van der Waals surface area contributed by atoms with Crippen molar-refractivity contribution in [2.75, 3.05) is 5.32 Å². The van der Waals surface area contributed by atoms with Crippen LogP contribution in [0.15, 0.2) is 80.6 Å². The maximum absolute atomic E-state index is 12.6. The fourth-order valence-corrected chi connectivity index (χ4v) is 2.97. The predicted octanol–water partition coefficient (Wildman–Crippen LogP) is 4.06. The Balaban J connectivity index is 1.52. The molecule has 4 aromatic rings. The lowest BCUT2D eigenvalue weighted by atomic mass is 10.1. The lowest BCUT2D eigenvalue weighted by molar-refractivity contribution is 0.0475. The SMILES string of the molecule is O=C(OCc1cc(=O)oc2cc(O)ccc12)c1ccccc1NCc1ccco1. The molecule has 2 aromatic heterocycles. The number of nitrogens with one attached hydrogen (secondary N) is 1. The molecule has 29 heavy (non-hydrogen) atoms. The van der Waals surface area contributed by atoms with Crippen LogP contribution in [0.3, 0.4) is 0 Å². The average molecular weight is 391 g/mol. The number of furan rings is 1. The van der Waals surface area contributed by atoms with Gasteiger partial charge in [0.2, 0.25) is 0 Å². The molecule has 0 aliphatic carbocycles. The first-order valence-corrected chi connectivity index (χ1v) is 8.88. The fourth-order valence-electron chi connectivity index (χ4n) is 2.97. The van der Waals surface area contributed by atoms with Crippen LogP contribution in [0.4, 0.5) is 5.69 Å². The lowest BCUT2D eigenvalue weighted by Gasteiger charge is -2.11. The van der Waals surface area contributed by atoms with Crippen molar-refractivity contribution in [2.24, 2.45) is 0 Å². The molecule has 146 valence electrons. The molecule has 0 aliphatic rings. The zero-order chi connectivity index (χ0) is 20.2. The first kappa shape index (κ1) is 18.4. The minimum absolute atomic E-state index is 0.0219. The molecule has 0 saturated heterocycles. The monoisotopic (exact) mass is 391 g/mol. The number of hydrogen-bond donors (Lipinski definition) is 2. The van der Waals surface area contributed by atoms with Crippen LogP contribution in [-0.2, 0) is 17.9 Å². The van der Waals surface area contributed by atoms with Crippen molar-refractivity contribution in [3.63, 3.8) is 0 Å². The molecular formula is C22H17NO6. The van der Waals surface area contributed by atoms with Crippen LogP contribution >= 0.6 is 0 Å². The third-order valence-electron chi connectivity index (χ3n) is 4.35. The number of ether oxygens (including phenoxy) is 1. The van der Waals surface area contributed by atoms with E-state index < -0.39 is 11.6 Å². The highest BCUT2D eigenvalue weighted by molar-refractivity contribution is 5.95. The molecule has 0 amide bonds. The van der Waals surface area contributed by atoms with Gasteiger partial charge in [0.15, 0.2) is 0 Å². The van der Waals surface area contributed by atoms with Gasteiger partial charge in [-0.2, -0.15) is 0 Å². The Morgan fingerprint density at radius 2 is 1.93 bits per heavy atom. The topological polar surface area (TPSA) is 102 Å². The van der Waals surface area contributed by atoms with Crippen LogP contribution in [0.2, 0.25) is 0 Å². The molecule has 0 aliphatic heterocycles. The van der Waals surface area contributed by atoms with E-state index in [-0.39, 0.29) is 17.9 Å². The third kappa shape index (κ3) is 4.14. The van der Waals surface area contributed by atoms with Crippen molar-refractivity contribution in [3.8, 4) is 5.75 Å². The number of aromatic hydroxyl groups is 1. The van der Waals surface area contributed by atoms with E-state index in [0.717, 1.165) is 5.76 Å². The number of phenolic OH excluding ortho intramolecular Hbond substituents is 1. The summed E-state index contributed by atoms with van der Waals surface area (Å²) < 4.78 is 15.8. The van der Waals surface area contributed by atoms with Gasteiger partial charge in [-0.3, -0.25) is 0 Å². The number of fused-ring (bicyclic) bond motifs is 1. The summed E-state index contributed by atoms with van der Waals surface area (Å²) >= 11 is 0. The van der Waals surface area contributed by atoms with Gasteiger partial charge in [-0.25, -0.2) is 9.59 Å². The number of hydrogen-bond acceptors (Lipinski definition) is 7. The maximum atomic E-state index is 12.6. The molecule has 2 aromatic carbocycles. The summed E-state index contributed by atoms with van der Waals surface area (Å²) in [5, 5.41) is 13.3. The van der Waals surface area contributed by atoms with Crippen LogP contribution < -0.4 is 10.9 Å². The molecule has 0 radical (unpaired) electrons. The van der Waals surface area contributed by atoms with Gasteiger partial charge in [-0.1, -0.05) is 12.1 Å². The second kappa shape index (κ2) is 7.93. The molecule has 4 rings (SSSR count). The largest absolute Gasteiger partial charge is 0.508 e. The minimum atomic E-state index is -0.588. The molecule has 0 saturated carbocycles. The number of carbonyl (C=O) groups excluding carboxylic acids is 1. The van der Waals surface area contributed by atoms with E-state index >= 15 is 0 Å². The number of carbonyl (C=O) groups is 1. The number of rotatable bonds is 6. The van der Waals surface area contributed by atoms with Crippen LogP contribution in [-0.4, -0.2) is 11.1 Å². The lowest BCUT2D eigenvalue weighted by Crippen LogP contribution is -2.11. The molecule has 7 nitrogen and oxygen atoms in total. The third-order valence-corrected chi connectivity index (χ3v) is 4.35. The highest BCUT2D eigenvalue weighted by atomic mass is 16.5. The fraction of sp³-hybridized carbons (Fsp3) is 0.0909. The van der Waals surface area contributed by atoms with Crippen molar-refractivity contribution < 1.29 is 23.5 Å². The summed E-state index contributed by atoms with van der Waals surface area (Å²) in [4.78, 5) is 24.4. The summed E-state index contributed by atoms with van der Waals surface area (Å²) in [5.74, 6) is 0.179. The van der Waals surface area contributed by atoms with Gasteiger partial charge in [0, 0.05) is 28.8 Å². The van der Waals surface area contributed by atoms with E-state index in [1.54, 1.807) is 36.6 Å². The number of para-hydroxylation sites is 1. The van der Waals surface area contributed by atoms with Gasteiger partial charge >= 0.3 is 11.6 Å². The van der Waals surface area contributed by atoms with Gasteiger partial charge in [-0.15, -0.1) is 0 Å². The van der Waals surface area contributed by atoms with Gasteiger partial charge in [0.1, 0.15) is 23.7 Å². The van der Waals surface area contributed by atoms with Gasteiger partial charge in [0.25, 0.3) is 0 Å². The van der Waals surface area contributed by atoms with Crippen LogP contribution in [0.5, 0.6) is 5.75 Å². The van der Waals surface area contributed by atoms with Crippen molar-refractivity contribution in [1.29, 1.82) is 0 Å². The smallest absolute Gasteiger partial charge is 0.340 e. The molecule has 0 spiro atoms. The molecule has 7 heteroatoms. The van der Waals surface area contributed by atoms with E-state index in [0.29, 0.717) is 28.7 Å². The second-order valence-corrected chi connectivity index (χ2v) is 6.33. The van der Waals surface area contributed by atoms with Crippen LogP contribution in [0, 0.1) is 0 Å². The summed E-state index contributed by atoms with van der Waals surface area (Å²) in [7, 11) is 0. The maximum Gasteiger partial charge on any atom is 0.340 e. The Hall–Kier alpha value is -4.00. The number of esters is 1. The van der Waals surface area contributed by atoms with Crippen molar-refractivity contribution in [2.45, 2.75) is 13.2 Å². The van der Waals surface area contributed by atoms with Gasteiger partial charge in [0.05, 0.1) is 18.4 Å². The average Bonchev–Trinajstić information content (AvgIpc) is 3.23. The first-order chi connectivity index (χ1) is 14.1. The quantitative estimate of drug-likeness (QED) is 0.377. The first-order valence-electron chi connectivity index (χ1n) is 8.88. The number of benzene rings is 2. The van der Waals surface area contributed by atoms with Crippen molar-refractivity contribution in [3.05, 3.63) is 94.2 Å². The highest BCUT2D eigenvalue weighted by Crippen LogP contribution is 2.23. The van der Waals surface area contributed by atoms with E-state index in [9.17, 15) is 14.7 Å². The summed E-state index contributed by atoms with van der Waals surface area (Å²) in [6, 6.07) is 16.3. The van der Waals surface area contributed by atoms with Gasteiger partial charge in [-0.05, 0) is 36.4 Å². The highest BCUT2D eigenvalue weighted by Gasteiger charge is 2.14. The van der Waals surface area contributed by atoms with Crippen molar-refractivity contribution >= 4 is 22.6 Å². The van der Waals surface area contributed by atoms with Crippen molar-refractivity contribution in [1.82, 2.24) is 0 Å². The van der Waals surface area contributed by atoms with Gasteiger partial charge < -0.3 is 24.0 Å². The Morgan fingerprint density at radius 3 is 2.76 bits per heavy atom. The molecule has 0 fully saturated rings. The Bertz CT molecular complexity index is 1210. The zero-order valence-electron chi connectivity index (χ0n) is 15.3. The zero-order valence-corrected chi connectivity index (χ0v) is 15.3. The summed E-state index contributed by atoms with van der Waals surface area (Å²) in [6.07, 6.45) is 1.58. The van der Waals surface area contributed by atoms with Crippen LogP contribution in [0.1, 0.15) is 21.7 Å². The Labute approximate surface area is 165 Å². The second-order valence-electron chi connectivity index (χ2n) is 6.33. The number of anilines is 1. The molecule has 0 atom stereocenters. The normalized spacial score (nSPS) is 10.8. The van der Waals surface area contributed by atoms with Crippen LogP contribution in [0.25, 0.3) is 11.0 Å². The van der Waals surface area contributed by atoms with E-state index in [2.05, 4.69) is 5.32 Å². The molecular weight excluding hydrogens is 374 g/mol. The standard InChI is InChI=1S/C22H17NO6/c24-15-7-8-17-14(10-21(25)29-20(17)11-15)13-28-22(26)18-5-1-2-6-19(18)23-12-16-4-3-9-27-16/h1-11,23-24H,12-13H2. The van der Waals surface area contributed by atoms with E-state index in [1.807, 2.05) is 12.1 Å². The predicted molar refractivity (Wildman–Crippen MR) is 106 cm³/mol. The van der Waals surface area contributed by atoms with E-state index in [1.165, 1.54) is 18.2 Å². The molecule has 0 bridgehead atoms.